The van der Waals surface area contributed by atoms with Gasteiger partial charge in [-0.1, -0.05) is 11.8 Å². The molecule has 1 atom stereocenters. The summed E-state index contributed by atoms with van der Waals surface area (Å²) in [6.07, 6.45) is 2.37. The molecule has 1 N–H and O–H groups in total. The SMILES string of the molecule is CC(NC1=NCCS1)C1CCOCC1. The van der Waals surface area contributed by atoms with E-state index in [0.717, 1.165) is 36.6 Å². The average molecular weight is 214 g/mol. The van der Waals surface area contributed by atoms with Gasteiger partial charge in [-0.25, -0.2) is 0 Å². The Bertz CT molecular complexity index is 214. The molecule has 2 heterocycles. The summed E-state index contributed by atoms with van der Waals surface area (Å²) < 4.78 is 5.36. The topological polar surface area (TPSA) is 33.6 Å². The molecule has 0 spiro atoms. The molecule has 80 valence electrons. The van der Waals surface area contributed by atoms with Crippen LogP contribution in [0.2, 0.25) is 0 Å². The van der Waals surface area contributed by atoms with Crippen LogP contribution in [-0.2, 0) is 4.74 Å². The van der Waals surface area contributed by atoms with Crippen molar-refractivity contribution >= 4 is 16.9 Å². The van der Waals surface area contributed by atoms with Crippen LogP contribution in [0.4, 0.5) is 0 Å². The van der Waals surface area contributed by atoms with Gasteiger partial charge in [-0.2, -0.15) is 0 Å². The van der Waals surface area contributed by atoms with Gasteiger partial charge in [-0.15, -0.1) is 0 Å². The fraction of sp³-hybridized carbons (Fsp3) is 0.900. The molecule has 0 aromatic heterocycles. The second-order valence-electron chi connectivity index (χ2n) is 3.92. The molecule has 3 nitrogen and oxygen atoms in total. The highest BCUT2D eigenvalue weighted by Gasteiger charge is 2.21. The van der Waals surface area contributed by atoms with E-state index in [9.17, 15) is 0 Å². The first-order chi connectivity index (χ1) is 6.86. The van der Waals surface area contributed by atoms with Crippen molar-refractivity contribution in [2.45, 2.75) is 25.8 Å². The molecule has 1 saturated heterocycles. The summed E-state index contributed by atoms with van der Waals surface area (Å²) >= 11 is 1.84. The Kier molecular flexibility index (Phi) is 3.70. The quantitative estimate of drug-likeness (QED) is 0.756. The van der Waals surface area contributed by atoms with Crippen LogP contribution >= 0.6 is 11.8 Å². The van der Waals surface area contributed by atoms with Crippen LogP contribution in [0.15, 0.2) is 4.99 Å². The standard InChI is InChI=1S/C10H18N2OS/c1-8(9-2-5-13-6-3-9)12-10-11-4-7-14-10/h8-9H,2-7H2,1H3,(H,11,12). The molecule has 0 aliphatic carbocycles. The molecular formula is C10H18N2OS. The maximum Gasteiger partial charge on any atom is 0.156 e. The van der Waals surface area contributed by atoms with Gasteiger partial charge in [-0.3, -0.25) is 4.99 Å². The second-order valence-corrected chi connectivity index (χ2v) is 5.00. The maximum absolute atomic E-state index is 5.36. The summed E-state index contributed by atoms with van der Waals surface area (Å²) in [5, 5.41) is 4.65. The maximum atomic E-state index is 5.36. The largest absolute Gasteiger partial charge is 0.381 e. The highest BCUT2D eigenvalue weighted by atomic mass is 32.2. The summed E-state index contributed by atoms with van der Waals surface area (Å²) in [5.41, 5.74) is 0. The number of hydrogen-bond acceptors (Lipinski definition) is 4. The lowest BCUT2D eigenvalue weighted by Gasteiger charge is -2.28. The van der Waals surface area contributed by atoms with Crippen molar-refractivity contribution in [1.82, 2.24) is 5.32 Å². The smallest absolute Gasteiger partial charge is 0.156 e. The Labute approximate surface area is 89.7 Å². The van der Waals surface area contributed by atoms with Crippen LogP contribution < -0.4 is 5.32 Å². The number of aliphatic imine (C=N–C) groups is 1. The summed E-state index contributed by atoms with van der Waals surface area (Å²) in [7, 11) is 0. The number of nitrogens with one attached hydrogen (secondary N) is 1. The first-order valence-electron chi connectivity index (χ1n) is 5.38. The summed E-state index contributed by atoms with van der Waals surface area (Å²) in [5.74, 6) is 1.90. The first kappa shape index (κ1) is 10.3. The van der Waals surface area contributed by atoms with Gasteiger partial charge >= 0.3 is 0 Å². The normalized spacial score (nSPS) is 25.9. The number of amidine groups is 1. The number of ether oxygens (including phenoxy) is 1. The Balaban J connectivity index is 1.78. The van der Waals surface area contributed by atoms with E-state index in [2.05, 4.69) is 17.2 Å². The van der Waals surface area contributed by atoms with Crippen LogP contribution in [-0.4, -0.2) is 36.7 Å². The van der Waals surface area contributed by atoms with Gasteiger partial charge in [0.15, 0.2) is 5.17 Å². The minimum atomic E-state index is 0.545. The zero-order chi connectivity index (χ0) is 9.80. The van der Waals surface area contributed by atoms with E-state index in [-0.39, 0.29) is 0 Å². The number of nitrogens with zero attached hydrogens (tertiary/aromatic N) is 1. The van der Waals surface area contributed by atoms with Crippen molar-refractivity contribution in [3.05, 3.63) is 0 Å². The molecule has 2 aliphatic rings. The van der Waals surface area contributed by atoms with Crippen molar-refractivity contribution in [1.29, 1.82) is 0 Å². The van der Waals surface area contributed by atoms with Gasteiger partial charge < -0.3 is 10.1 Å². The van der Waals surface area contributed by atoms with E-state index in [1.54, 1.807) is 0 Å². The molecule has 1 fully saturated rings. The third-order valence-electron chi connectivity index (χ3n) is 2.91. The minimum absolute atomic E-state index is 0.545. The Morgan fingerprint density at radius 1 is 1.50 bits per heavy atom. The van der Waals surface area contributed by atoms with E-state index in [1.807, 2.05) is 11.8 Å². The molecular weight excluding hydrogens is 196 g/mol. The van der Waals surface area contributed by atoms with Gasteiger partial charge in [0, 0.05) is 25.0 Å². The van der Waals surface area contributed by atoms with Crippen molar-refractivity contribution in [3.8, 4) is 0 Å². The van der Waals surface area contributed by atoms with E-state index in [1.165, 1.54) is 12.8 Å². The molecule has 2 rings (SSSR count). The van der Waals surface area contributed by atoms with Crippen molar-refractivity contribution in [2.75, 3.05) is 25.5 Å². The molecule has 0 aromatic carbocycles. The lowest BCUT2D eigenvalue weighted by Crippen LogP contribution is -2.38. The van der Waals surface area contributed by atoms with Crippen LogP contribution in [0.5, 0.6) is 0 Å². The molecule has 0 radical (unpaired) electrons. The second kappa shape index (κ2) is 5.03. The van der Waals surface area contributed by atoms with Crippen LogP contribution in [0.3, 0.4) is 0 Å². The van der Waals surface area contributed by atoms with Crippen molar-refractivity contribution < 1.29 is 4.74 Å². The molecule has 0 bridgehead atoms. The molecule has 4 heteroatoms. The van der Waals surface area contributed by atoms with Gasteiger partial charge in [-0.05, 0) is 25.7 Å². The van der Waals surface area contributed by atoms with Crippen molar-refractivity contribution in [3.63, 3.8) is 0 Å². The minimum Gasteiger partial charge on any atom is -0.381 e. The van der Waals surface area contributed by atoms with E-state index >= 15 is 0 Å². The fourth-order valence-corrected chi connectivity index (χ4v) is 2.78. The summed E-state index contributed by atoms with van der Waals surface area (Å²) in [6, 6.07) is 0.545. The Morgan fingerprint density at radius 2 is 2.29 bits per heavy atom. The molecule has 2 aliphatic heterocycles. The van der Waals surface area contributed by atoms with Gasteiger partial charge in [0.25, 0.3) is 0 Å². The lowest BCUT2D eigenvalue weighted by molar-refractivity contribution is 0.0583. The summed E-state index contributed by atoms with van der Waals surface area (Å²) in [6.45, 7) is 5.09. The van der Waals surface area contributed by atoms with E-state index in [0.29, 0.717) is 6.04 Å². The zero-order valence-corrected chi connectivity index (χ0v) is 9.48. The zero-order valence-electron chi connectivity index (χ0n) is 8.66. The van der Waals surface area contributed by atoms with Crippen LogP contribution in [0.1, 0.15) is 19.8 Å². The number of rotatable bonds is 2. The molecule has 0 saturated carbocycles. The predicted octanol–water partition coefficient (Wildman–Crippen LogP) is 1.49. The van der Waals surface area contributed by atoms with Gasteiger partial charge in [0.2, 0.25) is 0 Å². The average Bonchev–Trinajstić information content (AvgIpc) is 2.72. The molecule has 1 unspecified atom stereocenters. The number of hydrogen-bond donors (Lipinski definition) is 1. The van der Waals surface area contributed by atoms with Gasteiger partial charge in [0.1, 0.15) is 0 Å². The fourth-order valence-electron chi connectivity index (χ4n) is 1.95. The Morgan fingerprint density at radius 3 is 2.93 bits per heavy atom. The van der Waals surface area contributed by atoms with Crippen LogP contribution in [0, 0.1) is 5.92 Å². The third-order valence-corrected chi connectivity index (χ3v) is 3.82. The van der Waals surface area contributed by atoms with E-state index < -0.39 is 0 Å². The lowest BCUT2D eigenvalue weighted by atomic mass is 9.93. The van der Waals surface area contributed by atoms with Gasteiger partial charge in [0.05, 0.1) is 6.54 Å². The monoisotopic (exact) mass is 214 g/mol. The van der Waals surface area contributed by atoms with Crippen molar-refractivity contribution in [2.24, 2.45) is 10.9 Å². The summed E-state index contributed by atoms with van der Waals surface area (Å²) in [4.78, 5) is 4.41. The molecule has 0 aromatic rings. The number of thioether (sulfide) groups is 1. The Hall–Kier alpha value is -0.220. The van der Waals surface area contributed by atoms with Crippen LogP contribution in [0.25, 0.3) is 0 Å². The van der Waals surface area contributed by atoms with E-state index in [4.69, 9.17) is 4.74 Å². The highest BCUT2D eigenvalue weighted by Crippen LogP contribution is 2.20. The third kappa shape index (κ3) is 2.64. The highest BCUT2D eigenvalue weighted by molar-refractivity contribution is 8.14. The first-order valence-corrected chi connectivity index (χ1v) is 6.36. The molecule has 0 amide bonds. The predicted molar refractivity (Wildman–Crippen MR) is 60.9 cm³/mol. The molecule has 14 heavy (non-hydrogen) atoms.